The first kappa shape index (κ1) is 22.8. The smallest absolute Gasteiger partial charge is 0.335 e. The zero-order chi connectivity index (χ0) is 22.9. The molecule has 5 atom stereocenters. The summed E-state index contributed by atoms with van der Waals surface area (Å²) in [6.45, 7) is 3.38. The molecule has 0 bridgehead atoms. The van der Waals surface area contributed by atoms with E-state index in [1.54, 1.807) is 24.3 Å². The summed E-state index contributed by atoms with van der Waals surface area (Å²) in [5.74, 6) is -0.432. The topological polar surface area (TPSA) is 178 Å². The number of hydrogen-bond acceptors (Lipinski definition) is 9. The number of nitrogens with zero attached hydrogens (tertiary/aromatic N) is 2. The van der Waals surface area contributed by atoms with Gasteiger partial charge < -0.3 is 30.3 Å². The first-order chi connectivity index (χ1) is 14.6. The highest BCUT2D eigenvalue weighted by atomic mass is 16.6. The van der Waals surface area contributed by atoms with E-state index in [1.165, 1.54) is 0 Å². The Kier molecular flexibility index (Phi) is 6.72. The third-order valence-electron chi connectivity index (χ3n) is 5.18. The minimum atomic E-state index is -1.68. The molecule has 3 rings (SSSR count). The minimum Gasteiger partial charge on any atom is -0.493 e. The lowest BCUT2D eigenvalue weighted by molar-refractivity contribution is -0.248. The lowest BCUT2D eigenvalue weighted by Gasteiger charge is -2.38. The number of nitrogens with one attached hydrogen (secondary N) is 1. The predicted molar refractivity (Wildman–Crippen MR) is 110 cm³/mol. The second-order valence-electron chi connectivity index (χ2n) is 7.58. The molecule has 1 fully saturated rings. The van der Waals surface area contributed by atoms with Gasteiger partial charge in [-0.15, -0.1) is 0 Å². The van der Waals surface area contributed by atoms with Crippen LogP contribution in [-0.4, -0.2) is 78.5 Å². The van der Waals surface area contributed by atoms with Crippen LogP contribution in [0, 0.1) is 0 Å². The molecule has 1 aromatic heterocycles. The van der Waals surface area contributed by atoms with Crippen molar-refractivity contribution in [2.45, 2.75) is 50.4 Å². The number of rotatable bonds is 5. The van der Waals surface area contributed by atoms with Gasteiger partial charge in [0.1, 0.15) is 29.9 Å². The van der Waals surface area contributed by atoms with E-state index < -0.39 is 59.9 Å². The highest BCUT2D eigenvalue weighted by Crippen LogP contribution is 2.23. The van der Waals surface area contributed by atoms with Crippen molar-refractivity contribution in [3.8, 4) is 11.6 Å². The zero-order valence-electron chi connectivity index (χ0n) is 16.9. The Morgan fingerprint density at radius 3 is 2.39 bits per heavy atom. The fourth-order valence-electron chi connectivity index (χ4n) is 3.31. The summed E-state index contributed by atoms with van der Waals surface area (Å²) in [5.41, 5.74) is -0.872. The maximum atomic E-state index is 12.3. The number of aliphatic imine (C=N–C) groups is 1. The van der Waals surface area contributed by atoms with Gasteiger partial charge in [-0.2, -0.15) is 0 Å². The van der Waals surface area contributed by atoms with E-state index in [2.05, 4.69) is 9.98 Å². The molecule has 2 aromatic rings. The van der Waals surface area contributed by atoms with Gasteiger partial charge in [-0.1, -0.05) is 26.0 Å². The van der Waals surface area contributed by atoms with Crippen LogP contribution in [0.3, 0.4) is 0 Å². The minimum absolute atomic E-state index is 0.258. The second kappa shape index (κ2) is 9.12. The molecule has 1 aromatic carbocycles. The molecule has 11 nitrogen and oxygen atoms in total. The van der Waals surface area contributed by atoms with E-state index in [-0.39, 0.29) is 5.92 Å². The number of benzene rings is 1. The molecule has 0 spiro atoms. The van der Waals surface area contributed by atoms with Crippen LogP contribution in [0.5, 0.6) is 5.88 Å². The molecule has 31 heavy (non-hydrogen) atoms. The average Bonchev–Trinajstić information content (AvgIpc) is 2.72. The molecule has 0 saturated carbocycles. The standard InChI is InChI=1S/C20H25N3O8/c1-9(2)10-3-5-11(6-4-10)23-18(28)12(17(27)22-20(23)30)7-21-14-16(26)15(25)13(8-24)31-19(14)29/h3-7,9,13-16,19,24-26,28-29H,8H2,1-2H3,(H,22,27,30)/t13-,14+,15-,16+,19-/m1/s1. The molecule has 168 valence electrons. The summed E-state index contributed by atoms with van der Waals surface area (Å²) < 4.78 is 5.88. The van der Waals surface area contributed by atoms with E-state index in [9.17, 15) is 30.0 Å². The Hall–Kier alpha value is -2.83. The molecule has 0 amide bonds. The number of aliphatic hydroxyl groups is 4. The van der Waals surface area contributed by atoms with Crippen LogP contribution >= 0.6 is 0 Å². The highest BCUT2D eigenvalue weighted by molar-refractivity contribution is 5.82. The third-order valence-corrected chi connectivity index (χ3v) is 5.18. The van der Waals surface area contributed by atoms with Gasteiger partial charge in [0.2, 0.25) is 5.88 Å². The first-order valence-electron chi connectivity index (χ1n) is 9.68. The van der Waals surface area contributed by atoms with Gasteiger partial charge in [0.05, 0.1) is 12.3 Å². The summed E-state index contributed by atoms with van der Waals surface area (Å²) in [6, 6.07) is 5.40. The zero-order valence-corrected chi connectivity index (χ0v) is 16.9. The number of aromatic hydroxyl groups is 1. The van der Waals surface area contributed by atoms with Crippen molar-refractivity contribution in [2.24, 2.45) is 4.99 Å². The van der Waals surface area contributed by atoms with E-state index in [0.29, 0.717) is 5.69 Å². The summed E-state index contributed by atoms with van der Waals surface area (Å²) in [6.07, 6.45) is -5.14. The Labute approximate surface area is 176 Å². The van der Waals surface area contributed by atoms with Gasteiger partial charge in [-0.05, 0) is 23.6 Å². The van der Waals surface area contributed by atoms with Crippen LogP contribution < -0.4 is 11.2 Å². The van der Waals surface area contributed by atoms with Crippen LogP contribution in [0.4, 0.5) is 0 Å². The van der Waals surface area contributed by atoms with Crippen molar-refractivity contribution in [1.82, 2.24) is 9.55 Å². The van der Waals surface area contributed by atoms with Crippen molar-refractivity contribution in [1.29, 1.82) is 0 Å². The van der Waals surface area contributed by atoms with E-state index >= 15 is 0 Å². The maximum Gasteiger partial charge on any atom is 0.335 e. The summed E-state index contributed by atoms with van der Waals surface area (Å²) in [7, 11) is 0. The number of ether oxygens (including phenoxy) is 1. The van der Waals surface area contributed by atoms with Crippen LogP contribution in [0.2, 0.25) is 0 Å². The van der Waals surface area contributed by atoms with Gasteiger partial charge in [0.25, 0.3) is 5.56 Å². The quantitative estimate of drug-likeness (QED) is 0.310. The molecular formula is C20H25N3O8. The van der Waals surface area contributed by atoms with Crippen molar-refractivity contribution >= 4 is 6.21 Å². The molecule has 2 heterocycles. The van der Waals surface area contributed by atoms with Crippen LogP contribution in [-0.2, 0) is 4.74 Å². The Morgan fingerprint density at radius 1 is 1.16 bits per heavy atom. The van der Waals surface area contributed by atoms with Crippen molar-refractivity contribution in [3.63, 3.8) is 0 Å². The van der Waals surface area contributed by atoms with Crippen molar-refractivity contribution in [3.05, 3.63) is 56.2 Å². The van der Waals surface area contributed by atoms with Gasteiger partial charge in [-0.3, -0.25) is 14.8 Å². The highest BCUT2D eigenvalue weighted by Gasteiger charge is 2.43. The molecule has 1 aliphatic rings. The van der Waals surface area contributed by atoms with Crippen molar-refractivity contribution < 1.29 is 30.3 Å². The number of hydrogen-bond donors (Lipinski definition) is 6. The van der Waals surface area contributed by atoms with Gasteiger partial charge in [-0.25, -0.2) is 9.36 Å². The average molecular weight is 435 g/mol. The van der Waals surface area contributed by atoms with Gasteiger partial charge in [0.15, 0.2) is 6.29 Å². The van der Waals surface area contributed by atoms with Gasteiger partial charge >= 0.3 is 5.69 Å². The number of aromatic amines is 1. The Bertz CT molecular complexity index is 1060. The van der Waals surface area contributed by atoms with Crippen LogP contribution in [0.1, 0.15) is 30.9 Å². The normalized spacial score (nSPS) is 26.6. The fourth-order valence-corrected chi connectivity index (χ4v) is 3.31. The molecule has 6 N–H and O–H groups in total. The molecular weight excluding hydrogens is 410 g/mol. The number of aromatic nitrogens is 2. The predicted octanol–water partition coefficient (Wildman–Crippen LogP) is -1.43. The fraction of sp³-hybridized carbons (Fsp3) is 0.450. The molecule has 0 aliphatic carbocycles. The van der Waals surface area contributed by atoms with Crippen LogP contribution in [0.15, 0.2) is 38.8 Å². The van der Waals surface area contributed by atoms with Gasteiger partial charge in [0, 0.05) is 6.21 Å². The largest absolute Gasteiger partial charge is 0.493 e. The van der Waals surface area contributed by atoms with Crippen LogP contribution in [0.25, 0.3) is 5.69 Å². The maximum absolute atomic E-state index is 12.3. The molecule has 0 unspecified atom stereocenters. The Balaban J connectivity index is 1.98. The van der Waals surface area contributed by atoms with E-state index in [4.69, 9.17) is 9.84 Å². The Morgan fingerprint density at radius 2 is 1.81 bits per heavy atom. The summed E-state index contributed by atoms with van der Waals surface area (Å²) in [5, 5.41) is 49.8. The molecule has 0 radical (unpaired) electrons. The number of aliphatic hydroxyl groups excluding tert-OH is 4. The monoisotopic (exact) mass is 435 g/mol. The first-order valence-corrected chi connectivity index (χ1v) is 9.68. The molecule has 11 heteroatoms. The summed E-state index contributed by atoms with van der Waals surface area (Å²) >= 11 is 0. The van der Waals surface area contributed by atoms with E-state index in [1.807, 2.05) is 13.8 Å². The second-order valence-corrected chi connectivity index (χ2v) is 7.58. The van der Waals surface area contributed by atoms with Crippen molar-refractivity contribution in [2.75, 3.05) is 6.61 Å². The lowest BCUT2D eigenvalue weighted by Crippen LogP contribution is -2.57. The molecule has 1 saturated heterocycles. The third kappa shape index (κ3) is 4.45. The SMILES string of the molecule is CC(C)c1ccc(-n2c(O)c(C=N[C@H]3[C@H](O)[C@H](O)[C@@H](CO)O[C@H]3O)c(=O)[nH]c2=O)cc1. The molecule has 1 aliphatic heterocycles. The lowest BCUT2D eigenvalue weighted by atomic mass is 9.97. The summed E-state index contributed by atoms with van der Waals surface area (Å²) in [4.78, 5) is 30.5. The van der Waals surface area contributed by atoms with E-state index in [0.717, 1.165) is 16.3 Å². The number of H-pyrrole nitrogens is 1.